The molecule has 60 valence electrons. The van der Waals surface area contributed by atoms with Crippen LogP contribution >= 0.6 is 0 Å². The average Bonchev–Trinajstić information content (AvgIpc) is 2.32. The molecule has 3 nitrogen and oxygen atoms in total. The number of nitrogens with zero attached hydrogens (tertiary/aromatic N) is 2. The van der Waals surface area contributed by atoms with Gasteiger partial charge in [-0.15, -0.1) is 0 Å². The lowest BCUT2D eigenvalue weighted by Crippen LogP contribution is -2.25. The quantitative estimate of drug-likeness (QED) is 0.556. The van der Waals surface area contributed by atoms with E-state index in [0.29, 0.717) is 24.3 Å². The van der Waals surface area contributed by atoms with Crippen molar-refractivity contribution in [1.82, 2.24) is 10.1 Å². The minimum atomic E-state index is -0.437. The molecular weight excluding hydrogens is 147 g/mol. The SMILES string of the molecule is CN1CCc2c(F)noc2C1. The summed E-state index contributed by atoms with van der Waals surface area (Å²) in [6, 6.07) is 0. The fraction of sp³-hybridized carbons (Fsp3) is 0.571. The number of halogens is 1. The van der Waals surface area contributed by atoms with E-state index in [9.17, 15) is 4.39 Å². The first-order valence-corrected chi connectivity index (χ1v) is 3.59. The van der Waals surface area contributed by atoms with Crippen molar-refractivity contribution in [3.05, 3.63) is 17.3 Å². The summed E-state index contributed by atoms with van der Waals surface area (Å²) < 4.78 is 17.5. The normalized spacial score (nSPS) is 18.4. The second kappa shape index (κ2) is 2.30. The van der Waals surface area contributed by atoms with E-state index >= 15 is 0 Å². The average molecular weight is 156 g/mol. The van der Waals surface area contributed by atoms with E-state index in [1.165, 1.54) is 0 Å². The van der Waals surface area contributed by atoms with Crippen LogP contribution in [0.4, 0.5) is 4.39 Å². The molecular formula is C7H9FN2O. The highest BCUT2D eigenvalue weighted by atomic mass is 19.1. The minimum absolute atomic E-state index is 0.437. The first-order chi connectivity index (χ1) is 5.27. The third kappa shape index (κ3) is 1.03. The van der Waals surface area contributed by atoms with Gasteiger partial charge in [0.2, 0.25) is 0 Å². The third-order valence-corrected chi connectivity index (χ3v) is 1.98. The summed E-state index contributed by atoms with van der Waals surface area (Å²) in [5.74, 6) is 0.240. The molecule has 0 unspecified atom stereocenters. The van der Waals surface area contributed by atoms with Crippen LogP contribution < -0.4 is 0 Å². The van der Waals surface area contributed by atoms with Gasteiger partial charge in [-0.2, -0.15) is 4.39 Å². The highest BCUT2D eigenvalue weighted by Gasteiger charge is 2.21. The Bertz CT molecular complexity index is 271. The molecule has 0 spiro atoms. The molecule has 1 aromatic rings. The van der Waals surface area contributed by atoms with Crippen molar-refractivity contribution in [2.24, 2.45) is 0 Å². The Hall–Kier alpha value is -0.900. The number of hydrogen-bond donors (Lipinski definition) is 0. The van der Waals surface area contributed by atoms with Gasteiger partial charge in [0.25, 0.3) is 5.95 Å². The van der Waals surface area contributed by atoms with E-state index in [4.69, 9.17) is 4.52 Å². The van der Waals surface area contributed by atoms with Gasteiger partial charge in [0, 0.05) is 6.54 Å². The monoisotopic (exact) mass is 156 g/mol. The van der Waals surface area contributed by atoms with Crippen molar-refractivity contribution in [1.29, 1.82) is 0 Å². The smallest absolute Gasteiger partial charge is 0.257 e. The lowest BCUT2D eigenvalue weighted by molar-refractivity contribution is 0.256. The highest BCUT2D eigenvalue weighted by Crippen LogP contribution is 2.19. The van der Waals surface area contributed by atoms with Crippen molar-refractivity contribution in [3.8, 4) is 0 Å². The summed E-state index contributed by atoms with van der Waals surface area (Å²) in [5.41, 5.74) is 0.656. The zero-order chi connectivity index (χ0) is 7.84. The van der Waals surface area contributed by atoms with Gasteiger partial charge >= 0.3 is 0 Å². The Morgan fingerprint density at radius 3 is 3.27 bits per heavy atom. The van der Waals surface area contributed by atoms with Crippen LogP contribution in [0.3, 0.4) is 0 Å². The maximum absolute atomic E-state index is 12.7. The molecule has 1 aromatic heterocycles. The van der Waals surface area contributed by atoms with Crippen LogP contribution in [0.25, 0.3) is 0 Å². The number of fused-ring (bicyclic) bond motifs is 1. The molecule has 1 aliphatic rings. The molecule has 0 atom stereocenters. The van der Waals surface area contributed by atoms with Crippen LogP contribution in [0.2, 0.25) is 0 Å². The third-order valence-electron chi connectivity index (χ3n) is 1.98. The van der Waals surface area contributed by atoms with Crippen LogP contribution in [0.15, 0.2) is 4.52 Å². The van der Waals surface area contributed by atoms with Crippen LogP contribution in [0.5, 0.6) is 0 Å². The van der Waals surface area contributed by atoms with Gasteiger partial charge in [0.15, 0.2) is 5.76 Å². The van der Waals surface area contributed by atoms with Crippen LogP contribution in [0.1, 0.15) is 11.3 Å². The maximum Gasteiger partial charge on any atom is 0.257 e. The Labute approximate surface area is 63.8 Å². The predicted octanol–water partition coefficient (Wildman–Crippen LogP) is 0.802. The van der Waals surface area contributed by atoms with Gasteiger partial charge < -0.3 is 4.52 Å². The topological polar surface area (TPSA) is 29.3 Å². The van der Waals surface area contributed by atoms with E-state index in [1.807, 2.05) is 7.05 Å². The number of hydrogen-bond acceptors (Lipinski definition) is 3. The van der Waals surface area contributed by atoms with Gasteiger partial charge in [-0.3, -0.25) is 4.90 Å². The summed E-state index contributed by atoms with van der Waals surface area (Å²) in [6.07, 6.45) is 0.709. The zero-order valence-electron chi connectivity index (χ0n) is 6.30. The summed E-state index contributed by atoms with van der Waals surface area (Å²) in [4.78, 5) is 2.08. The molecule has 0 aliphatic carbocycles. The van der Waals surface area contributed by atoms with Crippen molar-refractivity contribution < 1.29 is 8.91 Å². The second-order valence-electron chi connectivity index (χ2n) is 2.86. The number of rotatable bonds is 0. The standard InChI is InChI=1S/C7H9FN2O/c1-10-3-2-5-6(4-10)11-9-7(5)8/h2-4H2,1H3. The van der Waals surface area contributed by atoms with Crippen molar-refractivity contribution in [2.45, 2.75) is 13.0 Å². The molecule has 11 heavy (non-hydrogen) atoms. The van der Waals surface area contributed by atoms with Crippen LogP contribution in [0, 0.1) is 5.95 Å². The van der Waals surface area contributed by atoms with Crippen LogP contribution in [-0.2, 0) is 13.0 Å². The Morgan fingerprint density at radius 1 is 1.64 bits per heavy atom. The Balaban J connectivity index is 2.36. The van der Waals surface area contributed by atoms with E-state index in [2.05, 4.69) is 10.1 Å². The molecule has 0 radical (unpaired) electrons. The molecule has 0 aromatic carbocycles. The lowest BCUT2D eigenvalue weighted by atomic mass is 10.1. The zero-order valence-corrected chi connectivity index (χ0v) is 6.30. The summed E-state index contributed by atoms with van der Waals surface area (Å²) in [7, 11) is 1.98. The van der Waals surface area contributed by atoms with Crippen molar-refractivity contribution in [3.63, 3.8) is 0 Å². The van der Waals surface area contributed by atoms with Crippen molar-refractivity contribution >= 4 is 0 Å². The highest BCUT2D eigenvalue weighted by molar-refractivity contribution is 5.17. The van der Waals surface area contributed by atoms with Gasteiger partial charge in [-0.25, -0.2) is 0 Å². The largest absolute Gasteiger partial charge is 0.357 e. The summed E-state index contributed by atoms with van der Waals surface area (Å²) >= 11 is 0. The molecule has 0 fully saturated rings. The molecule has 0 N–H and O–H groups in total. The maximum atomic E-state index is 12.7. The number of likely N-dealkylation sites (N-methyl/N-ethyl adjacent to an activating group) is 1. The molecule has 2 heterocycles. The van der Waals surface area contributed by atoms with Crippen LogP contribution in [-0.4, -0.2) is 23.6 Å². The molecule has 2 rings (SSSR count). The summed E-state index contributed by atoms with van der Waals surface area (Å²) in [6.45, 7) is 1.55. The van der Waals surface area contributed by atoms with E-state index in [0.717, 1.165) is 6.54 Å². The van der Waals surface area contributed by atoms with Gasteiger partial charge in [-0.05, 0) is 18.6 Å². The first kappa shape index (κ1) is 6.79. The fourth-order valence-corrected chi connectivity index (χ4v) is 1.31. The lowest BCUT2D eigenvalue weighted by Gasteiger charge is -2.19. The first-order valence-electron chi connectivity index (χ1n) is 3.59. The summed E-state index contributed by atoms with van der Waals surface area (Å²) in [5, 5.41) is 3.26. The molecule has 0 saturated heterocycles. The van der Waals surface area contributed by atoms with Gasteiger partial charge in [-0.1, -0.05) is 0 Å². The van der Waals surface area contributed by atoms with E-state index in [-0.39, 0.29) is 0 Å². The minimum Gasteiger partial charge on any atom is -0.357 e. The molecule has 0 saturated carbocycles. The van der Waals surface area contributed by atoms with E-state index in [1.54, 1.807) is 0 Å². The fourth-order valence-electron chi connectivity index (χ4n) is 1.31. The molecule has 4 heteroatoms. The molecule has 0 bridgehead atoms. The van der Waals surface area contributed by atoms with E-state index < -0.39 is 5.95 Å². The second-order valence-corrected chi connectivity index (χ2v) is 2.86. The predicted molar refractivity (Wildman–Crippen MR) is 36.5 cm³/mol. The molecule has 0 amide bonds. The molecule has 1 aliphatic heterocycles. The Kier molecular flexibility index (Phi) is 1.42. The van der Waals surface area contributed by atoms with Gasteiger partial charge in [0.1, 0.15) is 0 Å². The Morgan fingerprint density at radius 2 is 2.45 bits per heavy atom. The van der Waals surface area contributed by atoms with Gasteiger partial charge in [0.05, 0.1) is 12.1 Å². The van der Waals surface area contributed by atoms with Crippen molar-refractivity contribution in [2.75, 3.05) is 13.6 Å². The number of aromatic nitrogens is 1.